The Labute approximate surface area is 322 Å². The molecule has 304 valence electrons. The standard InChI is InChI=1S/C22H22F3N5O.C15H16F3N5O.CH4O/c23-22(24,25)16-7-8-19-18(11-16)29-20(27-9-4-10-31)21-28-14-17(30(19)21)13-26-12-15-5-2-1-3-6-15;16-15(17,18)9-2-3-12-11(6-9)22-13(20-4-1-5-24)14-21-8-10(7-19)23(12)14;1-2/h1-3,5-8,11,14,26,31H,4,9-10,12-13H2,(H,27,29);2-3,6,8,24H,1,4-5,7,19H2,(H,20,22);2H,1H3. The number of aliphatic hydroxyl groups is 3. The third-order valence-electron chi connectivity index (χ3n) is 8.59. The molecule has 0 bridgehead atoms. The first-order valence-electron chi connectivity index (χ1n) is 17.8. The lowest BCUT2D eigenvalue weighted by atomic mass is 10.2. The van der Waals surface area contributed by atoms with Crippen LogP contribution in [0, 0.1) is 0 Å². The summed E-state index contributed by atoms with van der Waals surface area (Å²) in [6.45, 7) is 2.17. The van der Waals surface area contributed by atoms with Gasteiger partial charge in [0.1, 0.15) is 0 Å². The monoisotopic (exact) mass is 800 g/mol. The number of benzene rings is 3. The van der Waals surface area contributed by atoms with Gasteiger partial charge in [-0.1, -0.05) is 30.3 Å². The second-order valence-electron chi connectivity index (χ2n) is 12.4. The van der Waals surface area contributed by atoms with Crippen LogP contribution in [0.2, 0.25) is 0 Å². The number of nitrogens with zero attached hydrogens (tertiary/aromatic N) is 6. The number of aliphatic hydroxyl groups excluding tert-OH is 3. The molecule has 7 aromatic rings. The molecule has 0 spiro atoms. The van der Waals surface area contributed by atoms with E-state index in [-0.39, 0.29) is 30.8 Å². The van der Waals surface area contributed by atoms with Crippen LogP contribution in [-0.2, 0) is 32.0 Å². The van der Waals surface area contributed by atoms with Crippen molar-refractivity contribution in [3.8, 4) is 0 Å². The fourth-order valence-electron chi connectivity index (χ4n) is 5.95. The summed E-state index contributed by atoms with van der Waals surface area (Å²) in [6, 6.07) is 16.8. The molecule has 0 aliphatic heterocycles. The smallest absolute Gasteiger partial charge is 0.400 e. The van der Waals surface area contributed by atoms with Crippen LogP contribution >= 0.6 is 0 Å². The van der Waals surface area contributed by atoms with Crippen molar-refractivity contribution in [3.63, 3.8) is 0 Å². The van der Waals surface area contributed by atoms with Crippen LogP contribution < -0.4 is 21.7 Å². The number of hydrogen-bond acceptors (Lipinski definition) is 11. The number of nitrogens with one attached hydrogen (secondary N) is 3. The van der Waals surface area contributed by atoms with Crippen molar-refractivity contribution in [3.05, 3.63) is 107 Å². The minimum Gasteiger partial charge on any atom is -0.400 e. The molecule has 19 heteroatoms. The van der Waals surface area contributed by atoms with Crippen LogP contribution in [0.15, 0.2) is 79.1 Å². The van der Waals surface area contributed by atoms with E-state index in [2.05, 4.69) is 35.9 Å². The maximum atomic E-state index is 13.2. The van der Waals surface area contributed by atoms with Crippen molar-refractivity contribution >= 4 is 45.0 Å². The van der Waals surface area contributed by atoms with Crippen LogP contribution in [0.5, 0.6) is 0 Å². The fraction of sp³-hybridized carbons (Fsp3) is 0.316. The lowest BCUT2D eigenvalue weighted by molar-refractivity contribution is -0.138. The topological polar surface area (TPSA) is 183 Å². The average Bonchev–Trinajstić information content (AvgIpc) is 3.84. The van der Waals surface area contributed by atoms with Crippen LogP contribution in [-0.4, -0.2) is 77.5 Å². The number of nitrogens with two attached hydrogens (primary N) is 1. The average molecular weight is 801 g/mol. The van der Waals surface area contributed by atoms with Crippen LogP contribution in [0.25, 0.3) is 33.4 Å². The Bertz CT molecular complexity index is 2380. The van der Waals surface area contributed by atoms with E-state index < -0.39 is 23.5 Å². The third-order valence-corrected chi connectivity index (χ3v) is 8.59. The summed E-state index contributed by atoms with van der Waals surface area (Å²) >= 11 is 0. The zero-order valence-corrected chi connectivity index (χ0v) is 30.7. The minimum absolute atomic E-state index is 0.00180. The van der Waals surface area contributed by atoms with Crippen molar-refractivity contribution in [2.75, 3.05) is 44.0 Å². The van der Waals surface area contributed by atoms with Gasteiger partial charge in [-0.15, -0.1) is 0 Å². The highest BCUT2D eigenvalue weighted by Gasteiger charge is 2.32. The van der Waals surface area contributed by atoms with E-state index in [1.807, 2.05) is 34.7 Å². The number of rotatable bonds is 13. The quantitative estimate of drug-likeness (QED) is 0.0557. The molecule has 0 aliphatic carbocycles. The van der Waals surface area contributed by atoms with Gasteiger partial charge in [0, 0.05) is 53.0 Å². The van der Waals surface area contributed by atoms with Crippen molar-refractivity contribution in [2.45, 2.75) is 44.8 Å². The summed E-state index contributed by atoms with van der Waals surface area (Å²) in [5.74, 6) is 0.740. The molecule has 0 saturated carbocycles. The summed E-state index contributed by atoms with van der Waals surface area (Å²) in [7, 11) is 1.00. The Kier molecular flexibility index (Phi) is 14.2. The number of imidazole rings is 2. The van der Waals surface area contributed by atoms with Crippen molar-refractivity contribution in [2.24, 2.45) is 5.73 Å². The van der Waals surface area contributed by atoms with E-state index in [0.717, 1.165) is 42.6 Å². The molecule has 0 amide bonds. The van der Waals surface area contributed by atoms with Gasteiger partial charge in [-0.25, -0.2) is 19.9 Å². The highest BCUT2D eigenvalue weighted by molar-refractivity contribution is 5.85. The minimum atomic E-state index is -4.45. The predicted molar refractivity (Wildman–Crippen MR) is 204 cm³/mol. The summed E-state index contributed by atoms with van der Waals surface area (Å²) in [4.78, 5) is 17.4. The highest BCUT2D eigenvalue weighted by Crippen LogP contribution is 2.34. The van der Waals surface area contributed by atoms with Gasteiger partial charge < -0.3 is 37.0 Å². The van der Waals surface area contributed by atoms with Crippen molar-refractivity contribution in [1.82, 2.24) is 34.1 Å². The molecule has 7 rings (SSSR count). The Hall–Kier alpha value is -5.60. The lowest BCUT2D eigenvalue weighted by Gasteiger charge is -2.13. The number of anilines is 2. The number of halogens is 6. The first-order valence-corrected chi connectivity index (χ1v) is 17.8. The Morgan fingerprint density at radius 3 is 1.58 bits per heavy atom. The van der Waals surface area contributed by atoms with Gasteiger partial charge in [-0.3, -0.25) is 8.80 Å². The van der Waals surface area contributed by atoms with Gasteiger partial charge in [-0.2, -0.15) is 26.3 Å². The van der Waals surface area contributed by atoms with E-state index in [1.54, 1.807) is 16.8 Å². The number of hydrogen-bond donors (Lipinski definition) is 7. The Morgan fingerprint density at radius 2 is 1.12 bits per heavy atom. The lowest BCUT2D eigenvalue weighted by Crippen LogP contribution is -2.15. The molecular formula is C38H42F6N10O3. The SMILES string of the molecule is CO.NCc1cnc2c(NCCCO)nc3cc(C(F)(F)F)ccc3n12.OCCCNc1nc2cc(C(F)(F)F)ccc2n2c(CNCc3ccccc3)cnc12. The molecule has 4 aromatic heterocycles. The van der Waals surface area contributed by atoms with E-state index in [0.29, 0.717) is 78.7 Å². The molecule has 0 aliphatic rings. The van der Waals surface area contributed by atoms with Gasteiger partial charge in [0.25, 0.3) is 0 Å². The van der Waals surface area contributed by atoms with Gasteiger partial charge >= 0.3 is 12.4 Å². The van der Waals surface area contributed by atoms with Gasteiger partial charge in [0.05, 0.1) is 57.0 Å². The zero-order valence-electron chi connectivity index (χ0n) is 30.7. The molecular weight excluding hydrogens is 758 g/mol. The Balaban J connectivity index is 0.000000215. The summed E-state index contributed by atoms with van der Waals surface area (Å²) in [5, 5.41) is 34.3. The highest BCUT2D eigenvalue weighted by atomic mass is 19.4. The molecule has 4 heterocycles. The third kappa shape index (κ3) is 10.0. The molecule has 13 nitrogen and oxygen atoms in total. The maximum absolute atomic E-state index is 13.2. The maximum Gasteiger partial charge on any atom is 0.416 e. The molecule has 8 N–H and O–H groups in total. The van der Waals surface area contributed by atoms with Crippen LogP contribution in [0.1, 0.15) is 40.9 Å². The number of fused-ring (bicyclic) bond motifs is 6. The van der Waals surface area contributed by atoms with Gasteiger partial charge in [0.2, 0.25) is 0 Å². The first kappa shape index (κ1) is 42.5. The van der Waals surface area contributed by atoms with E-state index in [1.165, 1.54) is 12.1 Å². The molecule has 0 atom stereocenters. The van der Waals surface area contributed by atoms with Crippen LogP contribution in [0.4, 0.5) is 38.0 Å². The first-order chi connectivity index (χ1) is 27.4. The number of alkyl halides is 6. The van der Waals surface area contributed by atoms with Gasteiger partial charge in [-0.05, 0) is 54.8 Å². The van der Waals surface area contributed by atoms with E-state index >= 15 is 0 Å². The second-order valence-corrected chi connectivity index (χ2v) is 12.4. The molecule has 0 radical (unpaired) electrons. The zero-order chi connectivity index (χ0) is 41.2. The predicted octanol–water partition coefficient (Wildman–Crippen LogP) is 5.75. The largest absolute Gasteiger partial charge is 0.416 e. The van der Waals surface area contributed by atoms with Gasteiger partial charge in [0.15, 0.2) is 22.9 Å². The molecule has 0 saturated heterocycles. The fourth-order valence-corrected chi connectivity index (χ4v) is 5.95. The van der Waals surface area contributed by atoms with Crippen LogP contribution in [0.3, 0.4) is 0 Å². The molecule has 0 fully saturated rings. The molecule has 3 aromatic carbocycles. The van der Waals surface area contributed by atoms with E-state index in [9.17, 15) is 26.3 Å². The molecule has 57 heavy (non-hydrogen) atoms. The summed E-state index contributed by atoms with van der Waals surface area (Å²) in [5.41, 5.74) is 9.27. The molecule has 0 unspecified atom stereocenters. The summed E-state index contributed by atoms with van der Waals surface area (Å²) < 4.78 is 82.1. The second kappa shape index (κ2) is 19.0. The van der Waals surface area contributed by atoms with E-state index in [4.69, 9.17) is 21.1 Å². The number of aromatic nitrogens is 6. The Morgan fingerprint density at radius 1 is 0.649 bits per heavy atom. The summed E-state index contributed by atoms with van der Waals surface area (Å²) in [6.07, 6.45) is -4.65. The normalized spacial score (nSPS) is 11.8. The van der Waals surface area contributed by atoms with Crippen molar-refractivity contribution in [1.29, 1.82) is 0 Å². The van der Waals surface area contributed by atoms with Crippen molar-refractivity contribution < 1.29 is 41.7 Å².